The molecule has 3 rings (SSSR count). The number of carbonyl (C=O) groups is 1. The summed E-state index contributed by atoms with van der Waals surface area (Å²) in [6.07, 6.45) is 2.89. The van der Waals surface area contributed by atoms with Gasteiger partial charge in [-0.05, 0) is 36.8 Å². The Bertz CT molecular complexity index is 913. The van der Waals surface area contributed by atoms with Crippen molar-refractivity contribution in [1.29, 1.82) is 0 Å². The maximum atomic E-state index is 12.2. The first-order chi connectivity index (χ1) is 12.0. The molecule has 0 saturated carbocycles. The molecule has 2 N–H and O–H groups in total. The molecule has 25 heavy (non-hydrogen) atoms. The third-order valence-electron chi connectivity index (χ3n) is 3.55. The average molecular weight is 373 g/mol. The van der Waals surface area contributed by atoms with Crippen LogP contribution in [0.3, 0.4) is 0 Å². The number of nitrogens with one attached hydrogen (secondary N) is 2. The van der Waals surface area contributed by atoms with Crippen molar-refractivity contribution in [3.63, 3.8) is 0 Å². The summed E-state index contributed by atoms with van der Waals surface area (Å²) in [5, 5.41) is 6.92. The molecule has 0 spiro atoms. The lowest BCUT2D eigenvalue weighted by Gasteiger charge is -2.10. The monoisotopic (exact) mass is 372 g/mol. The Morgan fingerprint density at radius 2 is 1.56 bits per heavy atom. The Morgan fingerprint density at radius 3 is 2.28 bits per heavy atom. The van der Waals surface area contributed by atoms with E-state index < -0.39 is 0 Å². The van der Waals surface area contributed by atoms with Crippen LogP contribution in [0.2, 0.25) is 10.0 Å². The molecule has 0 radical (unpaired) electrons. The van der Waals surface area contributed by atoms with E-state index >= 15 is 0 Å². The van der Waals surface area contributed by atoms with Crippen molar-refractivity contribution in [3.8, 4) is 0 Å². The Hall–Kier alpha value is -2.63. The van der Waals surface area contributed by atoms with Gasteiger partial charge in [0.2, 0.25) is 5.95 Å². The summed E-state index contributed by atoms with van der Waals surface area (Å²) < 4.78 is 0. The van der Waals surface area contributed by atoms with Gasteiger partial charge in [-0.2, -0.15) is 0 Å². The van der Waals surface area contributed by atoms with Crippen molar-refractivity contribution in [1.82, 2.24) is 9.97 Å². The standard InChI is InChI=1S/C18H14Cl2N4O/c1-11-13(19)6-4-8-15(11)24-18-21-9-12(10-22-18)17(25)23-16-7-3-2-5-14(16)20/h2-10H,1H3,(H,23,25)(H,21,22,24). The van der Waals surface area contributed by atoms with Crippen LogP contribution in [0, 0.1) is 6.92 Å². The molecule has 126 valence electrons. The number of amides is 1. The number of benzene rings is 2. The highest BCUT2D eigenvalue weighted by Crippen LogP contribution is 2.25. The van der Waals surface area contributed by atoms with Crippen LogP contribution in [0.15, 0.2) is 54.9 Å². The van der Waals surface area contributed by atoms with E-state index in [1.54, 1.807) is 24.3 Å². The fraction of sp³-hybridized carbons (Fsp3) is 0.0556. The van der Waals surface area contributed by atoms with E-state index in [0.29, 0.717) is 27.2 Å². The highest BCUT2D eigenvalue weighted by atomic mass is 35.5. The van der Waals surface area contributed by atoms with Crippen molar-refractivity contribution in [2.75, 3.05) is 10.6 Å². The Morgan fingerprint density at radius 1 is 0.920 bits per heavy atom. The molecule has 2 aromatic carbocycles. The molecule has 1 heterocycles. The maximum Gasteiger partial charge on any atom is 0.258 e. The van der Waals surface area contributed by atoms with Crippen molar-refractivity contribution in [2.45, 2.75) is 6.92 Å². The lowest BCUT2D eigenvalue weighted by molar-refractivity contribution is 0.102. The largest absolute Gasteiger partial charge is 0.324 e. The van der Waals surface area contributed by atoms with Crippen LogP contribution >= 0.6 is 23.2 Å². The van der Waals surface area contributed by atoms with Gasteiger partial charge >= 0.3 is 0 Å². The van der Waals surface area contributed by atoms with Crippen molar-refractivity contribution < 1.29 is 4.79 Å². The molecule has 0 aliphatic carbocycles. The quantitative estimate of drug-likeness (QED) is 0.669. The molecule has 7 heteroatoms. The summed E-state index contributed by atoms with van der Waals surface area (Å²) in [6, 6.07) is 12.5. The summed E-state index contributed by atoms with van der Waals surface area (Å²) in [5.74, 6) is 0.0400. The summed E-state index contributed by atoms with van der Waals surface area (Å²) in [4.78, 5) is 20.6. The van der Waals surface area contributed by atoms with E-state index in [0.717, 1.165) is 11.3 Å². The van der Waals surface area contributed by atoms with Gasteiger partial charge < -0.3 is 10.6 Å². The second-order valence-corrected chi connectivity index (χ2v) is 6.08. The number of anilines is 3. The first-order valence-electron chi connectivity index (χ1n) is 7.44. The normalized spacial score (nSPS) is 10.4. The minimum Gasteiger partial charge on any atom is -0.324 e. The molecule has 0 atom stereocenters. The second kappa shape index (κ2) is 7.51. The number of carbonyl (C=O) groups excluding carboxylic acids is 1. The fourth-order valence-electron chi connectivity index (χ4n) is 2.13. The molecular weight excluding hydrogens is 359 g/mol. The molecule has 0 fully saturated rings. The smallest absolute Gasteiger partial charge is 0.258 e. The number of hydrogen-bond acceptors (Lipinski definition) is 4. The Balaban J connectivity index is 1.73. The van der Waals surface area contributed by atoms with Crippen LogP contribution in [-0.4, -0.2) is 15.9 Å². The first-order valence-corrected chi connectivity index (χ1v) is 8.20. The lowest BCUT2D eigenvalue weighted by Crippen LogP contribution is -2.13. The van der Waals surface area contributed by atoms with Crippen LogP contribution < -0.4 is 10.6 Å². The van der Waals surface area contributed by atoms with Gasteiger partial charge in [0.05, 0.1) is 16.3 Å². The Kier molecular flexibility index (Phi) is 5.16. The first kappa shape index (κ1) is 17.2. The third-order valence-corrected chi connectivity index (χ3v) is 4.29. The van der Waals surface area contributed by atoms with Crippen molar-refractivity contribution >= 4 is 46.4 Å². The zero-order valence-corrected chi connectivity index (χ0v) is 14.8. The minimum atomic E-state index is -0.335. The summed E-state index contributed by atoms with van der Waals surface area (Å²) in [5.41, 5.74) is 2.56. The molecule has 0 aliphatic heterocycles. The van der Waals surface area contributed by atoms with Gasteiger partial charge in [0.1, 0.15) is 0 Å². The molecule has 0 bridgehead atoms. The van der Waals surface area contributed by atoms with Crippen molar-refractivity contribution in [2.24, 2.45) is 0 Å². The van der Waals surface area contributed by atoms with Gasteiger partial charge in [0.25, 0.3) is 5.91 Å². The van der Waals surface area contributed by atoms with Crippen molar-refractivity contribution in [3.05, 3.63) is 76.0 Å². The number of aromatic nitrogens is 2. The van der Waals surface area contributed by atoms with E-state index in [4.69, 9.17) is 23.2 Å². The highest BCUT2D eigenvalue weighted by molar-refractivity contribution is 6.34. The lowest BCUT2D eigenvalue weighted by atomic mass is 10.2. The number of para-hydroxylation sites is 1. The van der Waals surface area contributed by atoms with E-state index in [1.807, 2.05) is 25.1 Å². The van der Waals surface area contributed by atoms with Gasteiger partial charge in [0.15, 0.2) is 0 Å². The SMILES string of the molecule is Cc1c(Cl)cccc1Nc1ncc(C(=O)Nc2ccccc2Cl)cn1. The highest BCUT2D eigenvalue weighted by Gasteiger charge is 2.10. The summed E-state index contributed by atoms with van der Waals surface area (Å²) in [7, 11) is 0. The van der Waals surface area contributed by atoms with Gasteiger partial charge in [-0.3, -0.25) is 4.79 Å². The third kappa shape index (κ3) is 4.07. The number of hydrogen-bond donors (Lipinski definition) is 2. The molecule has 0 saturated heterocycles. The van der Waals surface area contributed by atoms with E-state index in [2.05, 4.69) is 20.6 Å². The fourth-order valence-corrected chi connectivity index (χ4v) is 2.49. The van der Waals surface area contributed by atoms with E-state index in [1.165, 1.54) is 12.4 Å². The van der Waals surface area contributed by atoms with E-state index in [-0.39, 0.29) is 5.91 Å². The molecule has 1 amide bonds. The summed E-state index contributed by atoms with van der Waals surface area (Å²) >= 11 is 12.1. The summed E-state index contributed by atoms with van der Waals surface area (Å²) in [6.45, 7) is 1.90. The van der Waals surface area contributed by atoms with Crippen LogP contribution in [-0.2, 0) is 0 Å². The molecule has 0 unspecified atom stereocenters. The van der Waals surface area contributed by atoms with Gasteiger partial charge in [0, 0.05) is 23.1 Å². The number of nitrogens with zero attached hydrogens (tertiary/aromatic N) is 2. The van der Waals surface area contributed by atoms with Crippen LogP contribution in [0.25, 0.3) is 0 Å². The molecular formula is C18H14Cl2N4O. The molecule has 3 aromatic rings. The maximum absolute atomic E-state index is 12.2. The second-order valence-electron chi connectivity index (χ2n) is 5.27. The van der Waals surface area contributed by atoms with Gasteiger partial charge in [-0.15, -0.1) is 0 Å². The van der Waals surface area contributed by atoms with E-state index in [9.17, 15) is 4.79 Å². The number of rotatable bonds is 4. The van der Waals surface area contributed by atoms with Crippen LogP contribution in [0.1, 0.15) is 15.9 Å². The van der Waals surface area contributed by atoms with Gasteiger partial charge in [-0.25, -0.2) is 9.97 Å². The predicted molar refractivity (Wildman–Crippen MR) is 101 cm³/mol. The zero-order valence-electron chi connectivity index (χ0n) is 13.3. The van der Waals surface area contributed by atoms with Gasteiger partial charge in [-0.1, -0.05) is 41.4 Å². The van der Waals surface area contributed by atoms with Crippen LogP contribution in [0.4, 0.5) is 17.3 Å². The predicted octanol–water partition coefficient (Wildman–Crippen LogP) is 5.09. The molecule has 1 aromatic heterocycles. The molecule has 5 nitrogen and oxygen atoms in total. The van der Waals surface area contributed by atoms with Crippen LogP contribution in [0.5, 0.6) is 0 Å². The topological polar surface area (TPSA) is 66.9 Å². The molecule has 0 aliphatic rings. The number of halogens is 2. The Labute approximate surface area is 155 Å². The zero-order chi connectivity index (χ0) is 17.8. The minimum absolute atomic E-state index is 0.327. The average Bonchev–Trinajstić information content (AvgIpc) is 2.61.